The van der Waals surface area contributed by atoms with Gasteiger partial charge in [-0.25, -0.2) is 39.3 Å². The maximum absolute atomic E-state index is 11.8. The summed E-state index contributed by atoms with van der Waals surface area (Å²) in [6, 6.07) is 16.0. The number of aliphatic carboxylic acids is 2. The fraction of sp³-hybridized carbons (Fsp3) is 0.535. The maximum Gasteiger partial charge on any atom is 0.496 e. The van der Waals surface area contributed by atoms with E-state index < -0.39 is 40.9 Å². The Balaban J connectivity index is 0.00000163. The average molecular weight is 2130 g/mol. The third kappa shape index (κ3) is 45.0. The van der Waals surface area contributed by atoms with Gasteiger partial charge in [-0.3, -0.25) is 54.3 Å². The fourth-order valence-corrected chi connectivity index (χ4v) is 14.0. The quantitative estimate of drug-likeness (QED) is 0.00511. The lowest BCUT2D eigenvalue weighted by atomic mass is 9.76. The average Bonchev–Trinajstić information content (AvgIpc) is 2.34. The van der Waals surface area contributed by atoms with Crippen molar-refractivity contribution in [2.24, 2.45) is 10.7 Å². The number of carbonyl (C=O) groups is 8. The number of halogens is 4. The minimum Gasteiger partial charge on any atom is -0.482 e. The summed E-state index contributed by atoms with van der Waals surface area (Å²) in [4.78, 5) is 133. The molecule has 0 bridgehead atoms. The molecule has 0 unspecified atom stereocenters. The van der Waals surface area contributed by atoms with Crippen molar-refractivity contribution >= 4 is 131 Å². The normalized spacial score (nSPS) is 12.6. The Hall–Kier alpha value is -11.5. The van der Waals surface area contributed by atoms with E-state index in [0.29, 0.717) is 121 Å². The zero-order chi connectivity index (χ0) is 107. The van der Waals surface area contributed by atoms with Gasteiger partial charge in [-0.15, -0.1) is 12.4 Å². The molecule has 0 aliphatic carbocycles. The van der Waals surface area contributed by atoms with Gasteiger partial charge in [0.2, 0.25) is 0 Å². The van der Waals surface area contributed by atoms with Gasteiger partial charge in [0.15, 0.2) is 29.9 Å². The van der Waals surface area contributed by atoms with E-state index in [1.54, 1.807) is 63.8 Å². The Morgan fingerprint density at radius 2 is 1.00 bits per heavy atom. The molecule has 0 atom stereocenters. The monoisotopic (exact) mass is 2130 g/mol. The summed E-state index contributed by atoms with van der Waals surface area (Å²) in [6.45, 7) is 63.2. The summed E-state index contributed by atoms with van der Waals surface area (Å²) in [6.07, 6.45) is 10.4. The third-order valence-electron chi connectivity index (χ3n) is 20.3. The molecule has 38 nitrogen and oxygen atoms in total. The van der Waals surface area contributed by atoms with Crippen LogP contribution in [0.2, 0.25) is 10.3 Å². The zero-order valence-electron chi connectivity index (χ0n) is 88.7. The molecule has 12 heterocycles. The molecular formula is C101H156BBrCl3N22O16-. The summed E-state index contributed by atoms with van der Waals surface area (Å²) >= 11 is 14.5. The number of hydrogen-bond acceptors (Lipinski definition) is 28. The number of rotatable bonds is 24. The Morgan fingerprint density at radius 3 is 1.38 bits per heavy atom. The molecule has 43 heteroatoms. The summed E-state index contributed by atoms with van der Waals surface area (Å²) in [5.41, 5.74) is 17.5. The number of alkyl carbamates (subject to hydrolysis) is 3. The number of pyridine rings is 4. The van der Waals surface area contributed by atoms with Crippen LogP contribution in [-0.2, 0) is 70.6 Å². The lowest BCUT2D eigenvalue weighted by Gasteiger charge is -2.32. The number of carbonyl (C=O) groups excluding carboxylic acids is 6. The number of carboxylic acids is 2. The van der Waals surface area contributed by atoms with Crippen LogP contribution in [0.4, 0.5) is 14.4 Å². The minimum atomic E-state index is -0.968. The highest BCUT2D eigenvalue weighted by molar-refractivity contribution is 9.09. The molecule has 3 aliphatic rings. The van der Waals surface area contributed by atoms with Gasteiger partial charge in [-0.1, -0.05) is 108 Å². The standard InChI is InChI=1S/C20H28N4O3.C15H20N4.C15H18N4.C14H22BNO2.C12H18ClN3O3.C7H14BrNO2.C5H5ClN2O.C5H9NO2.C4H9NO.C2H5NO2.CH4.CH3.ClH/c1-13(2)17-15(8-7-9-21-17)18-16(12-25)24(14(3)23-18)11-10-22-19(26)27-20(4,5)6;2*1-10(2)14-12(5-4-6-17-14)15-13-9-16-7-8-19(13)11(3)18-15;1-10(2)12-11(8-7-9-16-12)15-17-13(3,4)14(5,6)18-15;1-8-15-10(13)9(7-17)16(8)6-5-14-11(18)19-12(2,3)4;1-7(2,3)11-6(10)9-5-4-8;1-3-7-4(2-9)5(6)8-3;1-4(6)2-3-5(7)8;1-3-6-4(2)5;3-1-2(4)5;;;/h7-9,12-13H,10-11H2,1-6H3,(H,22,26);4-6,10,16H,7-9H2,1-3H3;4-6,9-10H,7-8H2,1-3H3;7-10H,1-6H3;7H,5-6H2,1-4H3,(H,14,18);4-5H2,1-3H3,(H,9,10);2H,1H3,(H,7,8);6H,2-3H2,1H3,(H,7,8);5H,3H2,1-2H3;1,3H2,(H,4,5);1H4;1H3;1H/q;;;;;;;;;;;-1;. The second-order valence-electron chi connectivity index (χ2n) is 37.5. The first-order valence-electron chi connectivity index (χ1n) is 46.5. The second kappa shape index (κ2) is 63.7. The number of aliphatic imine (C=N–C) groups is 1. The molecule has 144 heavy (non-hydrogen) atoms. The Kier molecular flexibility index (Phi) is 58.6. The van der Waals surface area contributed by atoms with Gasteiger partial charge in [0, 0.05) is 136 Å². The number of aromatic amines is 1. The number of ether oxygens (including phenoxy) is 4. The number of fused-ring (bicyclic) bond motifs is 2. The van der Waals surface area contributed by atoms with E-state index in [9.17, 15) is 38.4 Å². The van der Waals surface area contributed by atoms with Gasteiger partial charge in [0.1, 0.15) is 73.9 Å². The number of aryl methyl sites for hydroxylation is 5. The molecule has 1 saturated heterocycles. The predicted octanol–water partition coefficient (Wildman–Crippen LogP) is 19.2. The van der Waals surface area contributed by atoms with Crippen molar-refractivity contribution in [3.05, 3.63) is 171 Å². The van der Waals surface area contributed by atoms with Crippen molar-refractivity contribution < 1.29 is 76.8 Å². The van der Waals surface area contributed by atoms with Crippen molar-refractivity contribution in [2.45, 2.75) is 305 Å². The lowest BCUT2D eigenvalue weighted by Crippen LogP contribution is -2.41. The first-order valence-corrected chi connectivity index (χ1v) is 48.4. The van der Waals surface area contributed by atoms with Crippen LogP contribution in [0.25, 0.3) is 33.8 Å². The number of carboxylic acid groups (broad SMARTS) is 2. The maximum atomic E-state index is 11.8. The number of alkyl halides is 1. The van der Waals surface area contributed by atoms with Gasteiger partial charge in [-0.05, 0) is 211 Å². The van der Waals surface area contributed by atoms with Crippen LogP contribution in [0.5, 0.6) is 0 Å². The summed E-state index contributed by atoms with van der Waals surface area (Å²) in [5.74, 6) is 3.98. The molecule has 11 N–H and O–H groups in total. The molecule has 12 rings (SSSR count). The van der Waals surface area contributed by atoms with Crippen molar-refractivity contribution in [1.82, 2.24) is 89.4 Å². The van der Waals surface area contributed by atoms with Gasteiger partial charge < -0.3 is 102 Å². The van der Waals surface area contributed by atoms with E-state index in [1.165, 1.54) is 11.3 Å². The van der Waals surface area contributed by atoms with Crippen LogP contribution < -0.4 is 32.5 Å². The molecule has 9 aromatic rings. The fourth-order valence-electron chi connectivity index (χ4n) is 13.3. The Labute approximate surface area is 875 Å². The molecule has 9 aromatic heterocycles. The van der Waals surface area contributed by atoms with Crippen LogP contribution in [0.3, 0.4) is 0 Å². The molecule has 0 spiro atoms. The minimum absolute atomic E-state index is 0. The van der Waals surface area contributed by atoms with Crippen molar-refractivity contribution in [2.75, 3.05) is 51.2 Å². The first kappa shape index (κ1) is 132. The van der Waals surface area contributed by atoms with E-state index in [-0.39, 0.29) is 87.3 Å². The number of hydrogen-bond donors (Lipinski definition) is 10. The number of aldehydes is 3. The Bertz CT molecular complexity index is 5560. The lowest BCUT2D eigenvalue weighted by molar-refractivity contribution is -0.137. The van der Waals surface area contributed by atoms with Crippen LogP contribution in [0, 0.1) is 52.9 Å². The van der Waals surface area contributed by atoms with Crippen LogP contribution in [-0.4, -0.2) is 232 Å². The van der Waals surface area contributed by atoms with Crippen LogP contribution in [0.1, 0.15) is 305 Å². The summed E-state index contributed by atoms with van der Waals surface area (Å²) < 4.78 is 40.1. The SMILES string of the molecule is C.CC(=N)CCC(=O)O.CC(C)(C)OC(=O)NCCBr.CC(C)c1ncccc1B1OC(C)(C)C(C)(C)O1.CCOC(C)=N.Cc1nc(-c2cccnc2C(C)C)c(C=O)n1CCNC(=O)OC(C)(C)C.Cc1nc(-c2cccnc2C(C)C)c2n1CCN=C2.Cc1nc(-c2cccnc2C(C)C)c2n1CCNC2.Cc1nc(C=O)c(Cl)[nH]1.Cc1nc(Cl)c(C=O)n1CCNC(=O)OC(C)(C)C.Cl.NCC(=O)O.[CH3-]. The van der Waals surface area contributed by atoms with E-state index in [4.69, 9.17) is 77.7 Å². The smallest absolute Gasteiger partial charge is 0.482 e. The number of imidazole rings is 5. The highest BCUT2D eigenvalue weighted by Gasteiger charge is 2.52. The van der Waals surface area contributed by atoms with Gasteiger partial charge in [-0.2, -0.15) is 0 Å². The second-order valence-corrected chi connectivity index (χ2v) is 39.0. The zero-order valence-corrected chi connectivity index (χ0v) is 92.6. The van der Waals surface area contributed by atoms with Crippen molar-refractivity contribution in [1.29, 1.82) is 10.8 Å². The van der Waals surface area contributed by atoms with Gasteiger partial charge >= 0.3 is 37.3 Å². The third-order valence-corrected chi connectivity index (χ3v) is 21.2. The van der Waals surface area contributed by atoms with E-state index in [0.717, 1.165) is 112 Å². The van der Waals surface area contributed by atoms with Crippen molar-refractivity contribution in [3.63, 3.8) is 0 Å². The number of aromatic nitrogens is 14. The van der Waals surface area contributed by atoms with Crippen molar-refractivity contribution in [3.8, 4) is 33.8 Å². The molecular weight excluding hydrogens is 1970 g/mol. The van der Waals surface area contributed by atoms with E-state index in [2.05, 4.69) is 211 Å². The number of nitrogens with zero attached hydrogens (tertiary/aromatic N) is 14. The topological polar surface area (TPSA) is 518 Å². The van der Waals surface area contributed by atoms with E-state index >= 15 is 0 Å². The molecule has 3 amide bonds. The number of nitrogens with two attached hydrogens (primary N) is 1. The molecule has 0 aromatic carbocycles. The highest BCUT2D eigenvalue weighted by atomic mass is 79.9. The molecule has 798 valence electrons. The first-order chi connectivity index (χ1) is 65.8. The number of H-pyrrole nitrogens is 1. The largest absolute Gasteiger partial charge is 0.496 e. The van der Waals surface area contributed by atoms with E-state index in [1.807, 2.05) is 117 Å². The Morgan fingerprint density at radius 1 is 0.590 bits per heavy atom. The number of nitrogens with one attached hydrogen (secondary N) is 7. The molecule has 1 fully saturated rings. The summed E-state index contributed by atoms with van der Waals surface area (Å²) in [5, 5.41) is 41.7. The van der Waals surface area contributed by atoms with Gasteiger partial charge in [0.25, 0.3) is 0 Å². The summed E-state index contributed by atoms with van der Waals surface area (Å²) in [7, 11) is -0.318. The predicted molar refractivity (Wildman–Crippen MR) is 576 cm³/mol. The molecule has 0 saturated carbocycles. The van der Waals surface area contributed by atoms with Crippen LogP contribution in [0.15, 0.2) is 78.3 Å². The molecule has 0 radical (unpaired) electrons. The van der Waals surface area contributed by atoms with Gasteiger partial charge in [0.05, 0.1) is 77.2 Å². The molecule has 3 aliphatic heterocycles. The van der Waals surface area contributed by atoms with Crippen LogP contribution >= 0.6 is 51.5 Å². The number of amides is 3. The highest BCUT2D eigenvalue weighted by Crippen LogP contribution is 2.38.